The molecule has 1 rings (SSSR count). The van der Waals surface area contributed by atoms with E-state index in [0.717, 1.165) is 19.3 Å². The maximum Gasteiger partial charge on any atom is 0.279 e. The summed E-state index contributed by atoms with van der Waals surface area (Å²) < 4.78 is 34.1. The van der Waals surface area contributed by atoms with Crippen LogP contribution in [-0.4, -0.2) is 57.7 Å². The van der Waals surface area contributed by atoms with Gasteiger partial charge in [-0.15, -0.1) is 0 Å². The fraction of sp³-hybridized carbons (Fsp3) is 1.00. The van der Waals surface area contributed by atoms with Crippen molar-refractivity contribution in [2.75, 3.05) is 26.7 Å². The molecule has 0 aromatic carbocycles. The summed E-state index contributed by atoms with van der Waals surface area (Å²) in [5.41, 5.74) is 0. The van der Waals surface area contributed by atoms with Gasteiger partial charge in [-0.3, -0.25) is 0 Å². The van der Waals surface area contributed by atoms with Crippen LogP contribution in [0.4, 0.5) is 0 Å². The zero-order chi connectivity index (χ0) is 15.2. The molecule has 1 aliphatic heterocycles. The molecule has 0 spiro atoms. The molecule has 0 saturated carbocycles. The Hall–Kier alpha value is -0.210. The number of nitrogens with zero attached hydrogens (tertiary/aromatic N) is 1. The molecule has 0 aromatic rings. The zero-order valence-electron chi connectivity index (χ0n) is 13.1. The van der Waals surface area contributed by atoms with Crippen molar-refractivity contribution >= 4 is 10.2 Å². The van der Waals surface area contributed by atoms with Crippen LogP contribution in [-0.2, 0) is 14.9 Å². The third-order valence-corrected chi connectivity index (χ3v) is 5.23. The highest BCUT2D eigenvalue weighted by Gasteiger charge is 2.32. The van der Waals surface area contributed by atoms with E-state index in [1.807, 2.05) is 6.92 Å². The summed E-state index contributed by atoms with van der Waals surface area (Å²) in [5.74, 6) is 0. The lowest BCUT2D eigenvalue weighted by molar-refractivity contribution is 0.121. The Bertz CT molecular complexity index is 373. The van der Waals surface area contributed by atoms with Gasteiger partial charge in [0.25, 0.3) is 10.2 Å². The summed E-state index contributed by atoms with van der Waals surface area (Å²) in [4.78, 5) is 0. The molecule has 1 saturated heterocycles. The van der Waals surface area contributed by atoms with E-state index in [0.29, 0.717) is 25.7 Å². The van der Waals surface area contributed by atoms with E-state index in [2.05, 4.69) is 23.9 Å². The molecule has 1 aliphatic rings. The molecule has 2 atom stereocenters. The van der Waals surface area contributed by atoms with Crippen molar-refractivity contribution in [3.05, 3.63) is 0 Å². The first-order chi connectivity index (χ1) is 9.36. The van der Waals surface area contributed by atoms with Gasteiger partial charge in [-0.05, 0) is 19.8 Å². The zero-order valence-corrected chi connectivity index (χ0v) is 13.9. The van der Waals surface area contributed by atoms with Gasteiger partial charge in [-0.2, -0.15) is 17.4 Å². The van der Waals surface area contributed by atoms with Crippen molar-refractivity contribution in [2.45, 2.75) is 58.2 Å². The van der Waals surface area contributed by atoms with Crippen molar-refractivity contribution in [1.29, 1.82) is 0 Å². The summed E-state index contributed by atoms with van der Waals surface area (Å²) in [6, 6.07) is 0.407. The van der Waals surface area contributed by atoms with Gasteiger partial charge in [0.2, 0.25) is 0 Å². The second-order valence-corrected chi connectivity index (χ2v) is 7.43. The quantitative estimate of drug-likeness (QED) is 0.693. The Kier molecular flexibility index (Phi) is 7.39. The minimum absolute atomic E-state index is 0.0431. The fourth-order valence-corrected chi connectivity index (χ4v) is 3.81. The number of nitrogens with one attached hydrogen (secondary N) is 2. The number of hydrogen-bond acceptors (Lipinski definition) is 4. The molecule has 6 nitrogen and oxygen atoms in total. The maximum atomic E-state index is 12.4. The predicted octanol–water partition coefficient (Wildman–Crippen LogP) is 0.708. The molecule has 20 heavy (non-hydrogen) atoms. The van der Waals surface area contributed by atoms with E-state index in [1.165, 1.54) is 0 Å². The standard InChI is InChI=1S/C13H29N3O3S/c1-11(2)14-10-13-7-5-6-8-16(13)20(17,18)15-9-12(3)19-4/h11-15H,5-10H2,1-4H3. The van der Waals surface area contributed by atoms with Crippen molar-refractivity contribution in [3.8, 4) is 0 Å². The number of hydrogen-bond donors (Lipinski definition) is 2. The first-order valence-corrected chi connectivity index (χ1v) is 8.83. The van der Waals surface area contributed by atoms with Crippen LogP contribution in [0.1, 0.15) is 40.0 Å². The van der Waals surface area contributed by atoms with Crippen LogP contribution in [0.25, 0.3) is 0 Å². The highest BCUT2D eigenvalue weighted by atomic mass is 32.2. The van der Waals surface area contributed by atoms with Gasteiger partial charge in [-0.25, -0.2) is 0 Å². The normalized spacial score (nSPS) is 23.1. The Morgan fingerprint density at radius 2 is 2.00 bits per heavy atom. The molecule has 2 N–H and O–H groups in total. The van der Waals surface area contributed by atoms with Crippen LogP contribution in [0, 0.1) is 0 Å². The first kappa shape index (κ1) is 17.8. The molecular formula is C13H29N3O3S. The van der Waals surface area contributed by atoms with Crippen LogP contribution in [0.15, 0.2) is 0 Å². The molecule has 0 bridgehead atoms. The average Bonchev–Trinajstić information content (AvgIpc) is 2.42. The second kappa shape index (κ2) is 8.29. The van der Waals surface area contributed by atoms with Gasteiger partial charge in [0.05, 0.1) is 6.10 Å². The van der Waals surface area contributed by atoms with Gasteiger partial charge in [0, 0.05) is 38.8 Å². The largest absolute Gasteiger partial charge is 0.380 e. The van der Waals surface area contributed by atoms with E-state index in [-0.39, 0.29) is 12.1 Å². The van der Waals surface area contributed by atoms with E-state index in [9.17, 15) is 8.42 Å². The smallest absolute Gasteiger partial charge is 0.279 e. The van der Waals surface area contributed by atoms with Gasteiger partial charge >= 0.3 is 0 Å². The lowest BCUT2D eigenvalue weighted by atomic mass is 10.0. The van der Waals surface area contributed by atoms with Gasteiger partial charge in [0.1, 0.15) is 0 Å². The Morgan fingerprint density at radius 1 is 1.30 bits per heavy atom. The van der Waals surface area contributed by atoms with Crippen LogP contribution in [0.2, 0.25) is 0 Å². The molecule has 0 aliphatic carbocycles. The Balaban J connectivity index is 2.62. The SMILES string of the molecule is COC(C)CNS(=O)(=O)N1CCCCC1CNC(C)C. The molecular weight excluding hydrogens is 278 g/mol. The number of ether oxygens (including phenoxy) is 1. The van der Waals surface area contributed by atoms with E-state index >= 15 is 0 Å². The van der Waals surface area contributed by atoms with Crippen LogP contribution in [0.5, 0.6) is 0 Å². The molecule has 0 radical (unpaired) electrons. The summed E-state index contributed by atoms with van der Waals surface area (Å²) in [6.45, 7) is 7.59. The maximum absolute atomic E-state index is 12.4. The first-order valence-electron chi connectivity index (χ1n) is 7.39. The lowest BCUT2D eigenvalue weighted by Crippen LogP contribution is -2.53. The molecule has 1 fully saturated rings. The molecule has 1 heterocycles. The molecule has 120 valence electrons. The van der Waals surface area contributed by atoms with Crippen LogP contribution >= 0.6 is 0 Å². The monoisotopic (exact) mass is 307 g/mol. The summed E-state index contributed by atoms with van der Waals surface area (Å²) in [5, 5.41) is 3.33. The predicted molar refractivity (Wildman–Crippen MR) is 80.9 cm³/mol. The second-order valence-electron chi connectivity index (χ2n) is 5.72. The topological polar surface area (TPSA) is 70.7 Å². The van der Waals surface area contributed by atoms with E-state index in [4.69, 9.17) is 4.74 Å². The van der Waals surface area contributed by atoms with Gasteiger partial charge in [0.15, 0.2) is 0 Å². The summed E-state index contributed by atoms with van der Waals surface area (Å²) >= 11 is 0. The Morgan fingerprint density at radius 3 is 2.60 bits per heavy atom. The molecule has 7 heteroatoms. The molecule has 0 amide bonds. The average molecular weight is 307 g/mol. The third kappa shape index (κ3) is 5.65. The fourth-order valence-electron chi connectivity index (χ4n) is 2.26. The summed E-state index contributed by atoms with van der Waals surface area (Å²) in [7, 11) is -1.84. The minimum atomic E-state index is -3.42. The van der Waals surface area contributed by atoms with Crippen LogP contribution in [0.3, 0.4) is 0 Å². The summed E-state index contributed by atoms with van der Waals surface area (Å²) in [6.07, 6.45) is 2.81. The van der Waals surface area contributed by atoms with E-state index < -0.39 is 10.2 Å². The van der Waals surface area contributed by atoms with Crippen molar-refractivity contribution in [2.24, 2.45) is 0 Å². The van der Waals surface area contributed by atoms with Crippen molar-refractivity contribution in [3.63, 3.8) is 0 Å². The third-order valence-electron chi connectivity index (χ3n) is 3.60. The highest BCUT2D eigenvalue weighted by molar-refractivity contribution is 7.87. The Labute approximate surface area is 123 Å². The van der Waals surface area contributed by atoms with E-state index in [1.54, 1.807) is 11.4 Å². The van der Waals surface area contributed by atoms with Crippen molar-refractivity contribution < 1.29 is 13.2 Å². The number of piperidine rings is 1. The van der Waals surface area contributed by atoms with Crippen LogP contribution < -0.4 is 10.0 Å². The minimum Gasteiger partial charge on any atom is -0.380 e. The highest BCUT2D eigenvalue weighted by Crippen LogP contribution is 2.19. The molecule has 0 aromatic heterocycles. The lowest BCUT2D eigenvalue weighted by Gasteiger charge is -2.35. The van der Waals surface area contributed by atoms with Gasteiger partial charge < -0.3 is 10.1 Å². The molecule has 2 unspecified atom stereocenters. The number of methoxy groups -OCH3 is 1. The van der Waals surface area contributed by atoms with Gasteiger partial charge in [-0.1, -0.05) is 20.3 Å². The van der Waals surface area contributed by atoms with Crippen molar-refractivity contribution in [1.82, 2.24) is 14.3 Å². The number of rotatable bonds is 8.